The van der Waals surface area contributed by atoms with Crippen LogP contribution in [0.25, 0.3) is 22.1 Å². The van der Waals surface area contributed by atoms with Crippen LogP contribution in [0.15, 0.2) is 36.4 Å². The fourth-order valence-corrected chi connectivity index (χ4v) is 16.5. The van der Waals surface area contributed by atoms with Crippen LogP contribution in [-0.2, 0) is 77.6 Å². The fourth-order valence-electron chi connectivity index (χ4n) is 16.5. The van der Waals surface area contributed by atoms with E-state index in [4.69, 9.17) is 28.4 Å². The largest absolute Gasteiger partial charge is 0.540 e. The maximum Gasteiger partial charge on any atom is 0.408 e. The molecule has 5 saturated carbocycles. The third-order valence-corrected chi connectivity index (χ3v) is 22.3. The van der Waals surface area contributed by atoms with E-state index < -0.39 is 124 Å². The Morgan fingerprint density at radius 3 is 1.50 bits per heavy atom. The third-order valence-electron chi connectivity index (χ3n) is 22.3. The number of ether oxygens (including phenoxy) is 6. The van der Waals surface area contributed by atoms with E-state index in [1.54, 1.807) is 36.4 Å². The zero-order valence-corrected chi connectivity index (χ0v) is 59.2. The number of rotatable bonds is 6. The standard InChI is InChI=1S/C35H43F2N4O6.C35H45F2N4O6.2V/c1-6-20-26(16-42)41-15-28(20)46-31-29(38-24-10-8-19(45-5)14-25(24)39-31)35(36,37)23-12-17(23)7-9-21-22-11-18(22)13-27(21)47-33(44)40-30(32(41)43)34(2,3)4;1-7-22-26(18-42)41-17-27(22)46-30-28(38-24-13-12-21(45-6)16-25(24)39-30)35(36,37)23-15-19(23)10-11-20-9-8-14-34(20,5)47-32(44)40-29(31(41)43)33(2,3)4;;/h8,10,14,17-18,20-23,26-28,30H,6-7,9,11-13,15H2,1-5H3,(H,40,44);12-13,16,19-20,22-23,26-27,29H,7-11,14-15,17H2,1-6H3,(H,40,44);;/q2*-1;;/t17?,18?,20-,21+,22?,23?,26+,27+,28-,30+;19?,20-,22-,23?,26+,27-,29+,34+;;/m00../s1. The van der Waals surface area contributed by atoms with Gasteiger partial charge in [-0.05, 0) is 160 Å². The van der Waals surface area contributed by atoms with Crippen LogP contribution in [0, 0.1) is 70.0 Å². The summed E-state index contributed by atoms with van der Waals surface area (Å²) in [6.07, 6.45) is 8.69. The molecule has 2 N–H and O–H groups in total. The zero-order chi connectivity index (χ0) is 67.3. The van der Waals surface area contributed by atoms with E-state index in [9.17, 15) is 28.8 Å². The van der Waals surface area contributed by atoms with E-state index in [2.05, 4.69) is 30.6 Å². The van der Waals surface area contributed by atoms with Crippen LogP contribution in [-0.4, -0.2) is 142 Å². The predicted octanol–water partition coefficient (Wildman–Crippen LogP) is 11.4. The average molecular weight is 1410 g/mol. The van der Waals surface area contributed by atoms with Crippen molar-refractivity contribution in [2.75, 3.05) is 27.3 Å². The smallest absolute Gasteiger partial charge is 0.408 e. The van der Waals surface area contributed by atoms with Crippen molar-refractivity contribution in [3.8, 4) is 23.3 Å². The van der Waals surface area contributed by atoms with E-state index in [0.29, 0.717) is 92.2 Å². The normalized spacial score (nSPS) is 34.5. The van der Waals surface area contributed by atoms with E-state index in [1.165, 1.54) is 24.0 Å². The Morgan fingerprint density at radius 1 is 0.583 bits per heavy atom. The number of alkyl halides is 4. The number of hydrogen-bond acceptors (Lipinski definition) is 16. The first-order chi connectivity index (χ1) is 44.5. The molecule has 2 radical (unpaired) electrons. The van der Waals surface area contributed by atoms with E-state index in [-0.39, 0.29) is 103 Å². The number of nitrogens with zero attached hydrogens (tertiary/aromatic N) is 6. The van der Waals surface area contributed by atoms with Gasteiger partial charge in [0.25, 0.3) is 11.8 Å². The van der Waals surface area contributed by atoms with Crippen LogP contribution in [0.2, 0.25) is 0 Å². The van der Waals surface area contributed by atoms with Crippen LogP contribution < -0.4 is 29.6 Å². The number of carbonyl (C=O) groups excluding carboxylic acids is 6. The van der Waals surface area contributed by atoms with Crippen molar-refractivity contribution in [1.29, 1.82) is 0 Å². The molecule has 2 aromatic heterocycles. The first kappa shape index (κ1) is 72.8. The summed E-state index contributed by atoms with van der Waals surface area (Å²) in [5.41, 5.74) is -2.12. The Labute approximate surface area is 581 Å². The molecule has 0 spiro atoms. The number of methoxy groups -OCH3 is 2. The monoisotopic (exact) mass is 1410 g/mol. The van der Waals surface area contributed by atoms with Crippen LogP contribution >= 0.6 is 0 Å². The summed E-state index contributed by atoms with van der Waals surface area (Å²) >= 11 is 0. The number of nitrogens with one attached hydrogen (secondary N) is 2. The number of hydrogen-bond donors (Lipinski definition) is 2. The molecular weight excluding hydrogens is 1320 g/mol. The second-order valence-electron chi connectivity index (χ2n) is 30.3. The van der Waals surface area contributed by atoms with E-state index >= 15 is 17.6 Å². The van der Waals surface area contributed by atoms with Crippen molar-refractivity contribution in [1.82, 2.24) is 40.4 Å². The second-order valence-corrected chi connectivity index (χ2v) is 30.3. The number of fused-ring (bicyclic) bond motifs is 14. The van der Waals surface area contributed by atoms with Crippen molar-refractivity contribution in [2.24, 2.45) is 70.0 Å². The van der Waals surface area contributed by atoms with E-state index in [1.807, 2.05) is 74.9 Å². The molecular formula is C70H88F4N8O12V2-2. The Morgan fingerprint density at radius 2 is 1.05 bits per heavy atom. The molecule has 6 unspecified atom stereocenters. The summed E-state index contributed by atoms with van der Waals surface area (Å²) in [5, 5.41) is 5.66. The van der Waals surface area contributed by atoms with Crippen molar-refractivity contribution in [3.05, 3.63) is 47.8 Å². The van der Waals surface area contributed by atoms with Gasteiger partial charge in [0.05, 0.1) is 49.4 Å². The molecule has 13 rings (SSSR count). The average Bonchev–Trinajstić information content (AvgIpc) is 1.55. The SMILES string of the molecule is CC[C@@H]1[C@@H]2CN(C(=O)[C@H](C(C)(C)C)NC(=O)O[C@@H]3CC4CC4[C@H]3CCC3CC3C(F)(F)c3nc4ccc(OC)cc4nc3O2)[C@@H]1[C-]=O.CC[C@@H]1[C@@H]2CN(C(=O)[C@H](C(C)(C)C)NC(=O)O[C@]3(C)CCC[C@H]3CCC3CC3C(F)(F)c3nc4ccc(OC)cc4nc3O2)[C@@H]1[C-]=O.[V].[V]. The van der Waals surface area contributed by atoms with Crippen LogP contribution in [0.1, 0.15) is 157 Å². The summed E-state index contributed by atoms with van der Waals surface area (Å²) in [6.45, 7) is 16.4. The van der Waals surface area contributed by atoms with E-state index in [0.717, 1.165) is 25.7 Å². The number of alkyl carbamates (subject to hydrolysis) is 2. The summed E-state index contributed by atoms with van der Waals surface area (Å²) < 4.78 is 101. The second kappa shape index (κ2) is 27.6. The van der Waals surface area contributed by atoms with Gasteiger partial charge in [-0.3, -0.25) is 9.59 Å². The van der Waals surface area contributed by atoms with Crippen LogP contribution in [0.4, 0.5) is 27.2 Å². The Balaban J connectivity index is 0.000000205. The molecule has 18 atom stereocenters. The minimum absolute atomic E-state index is 0. The molecule has 4 aliphatic heterocycles. The minimum atomic E-state index is -3.34. The molecule has 9 aliphatic rings. The molecule has 2 aromatic carbocycles. The molecule has 520 valence electrons. The van der Waals surface area contributed by atoms with Gasteiger partial charge in [-0.1, -0.05) is 80.3 Å². The molecule has 26 heteroatoms. The first-order valence-corrected chi connectivity index (χ1v) is 33.7. The molecule has 96 heavy (non-hydrogen) atoms. The maximum atomic E-state index is 16.5. The fraction of sp³-hybridized carbons (Fsp3) is 0.686. The Hall–Kier alpha value is -5.97. The molecule has 2 saturated heterocycles. The Bertz CT molecular complexity index is 3480. The maximum absolute atomic E-state index is 16.5. The molecule has 5 aliphatic carbocycles. The molecule has 4 amide bonds. The first-order valence-electron chi connectivity index (χ1n) is 33.7. The van der Waals surface area contributed by atoms with Crippen molar-refractivity contribution >= 4 is 58.6 Å². The van der Waals surface area contributed by atoms with Crippen molar-refractivity contribution in [2.45, 2.75) is 206 Å². The van der Waals surface area contributed by atoms with Gasteiger partial charge in [0.2, 0.25) is 23.6 Å². The van der Waals surface area contributed by atoms with Crippen molar-refractivity contribution < 1.29 is 112 Å². The van der Waals surface area contributed by atoms with Crippen molar-refractivity contribution in [3.63, 3.8) is 0 Å². The summed E-state index contributed by atoms with van der Waals surface area (Å²) in [6, 6.07) is 5.62. The topological polar surface area (TPSA) is 240 Å². The molecule has 6 heterocycles. The third kappa shape index (κ3) is 14.0. The molecule has 4 aromatic rings. The number of halogens is 4. The van der Waals surface area contributed by atoms with Gasteiger partial charge in [0.15, 0.2) is 11.4 Å². The van der Waals surface area contributed by atoms with Gasteiger partial charge in [-0.15, -0.1) is 0 Å². The quantitative estimate of drug-likeness (QED) is 0.135. The Kier molecular flexibility index (Phi) is 20.9. The summed E-state index contributed by atoms with van der Waals surface area (Å²) in [4.78, 5) is 101. The van der Waals surface area contributed by atoms with Gasteiger partial charge in [0, 0.05) is 61.1 Å². The van der Waals surface area contributed by atoms with Gasteiger partial charge in [-0.2, -0.15) is 17.6 Å². The predicted molar refractivity (Wildman–Crippen MR) is 335 cm³/mol. The molecule has 7 fully saturated rings. The van der Waals surface area contributed by atoms with Crippen LogP contribution in [0.3, 0.4) is 0 Å². The summed E-state index contributed by atoms with van der Waals surface area (Å²) in [7, 11) is 3.00. The van der Waals surface area contributed by atoms with Gasteiger partial charge < -0.3 is 58.4 Å². The zero-order valence-electron chi connectivity index (χ0n) is 56.4. The van der Waals surface area contributed by atoms with Gasteiger partial charge >= 0.3 is 12.2 Å². The number of amides is 4. The van der Waals surface area contributed by atoms with Gasteiger partial charge in [0.1, 0.15) is 47.5 Å². The number of benzene rings is 2. The van der Waals surface area contributed by atoms with Gasteiger partial charge in [-0.25, -0.2) is 42.1 Å². The summed E-state index contributed by atoms with van der Waals surface area (Å²) in [5.74, 6) is -9.76. The number of carbonyl (C=O) groups is 4. The van der Waals surface area contributed by atoms with Crippen LogP contribution in [0.5, 0.6) is 23.3 Å². The minimum Gasteiger partial charge on any atom is -0.540 e. The molecule has 4 bridgehead atoms. The number of aromatic nitrogens is 4. The molecule has 20 nitrogen and oxygen atoms in total.